The molecule has 36 heavy (non-hydrogen) atoms. The molecular weight excluding hydrogens is 482 g/mol. The SMILES string of the molecule is CCNC(=O)Nc1ccc(Oc2ccnc3cc(OC[C@@H](O)CN4CCCC4)c(C#N)cc23)cc1Cl. The van der Waals surface area contributed by atoms with Gasteiger partial charge in [0, 0.05) is 36.8 Å². The van der Waals surface area contributed by atoms with E-state index in [-0.39, 0.29) is 12.6 Å². The van der Waals surface area contributed by atoms with Gasteiger partial charge in [-0.3, -0.25) is 4.98 Å². The Morgan fingerprint density at radius 3 is 2.78 bits per heavy atom. The van der Waals surface area contributed by atoms with Crippen LogP contribution in [0.2, 0.25) is 5.02 Å². The minimum Gasteiger partial charge on any atom is -0.489 e. The summed E-state index contributed by atoms with van der Waals surface area (Å²) in [5, 5.41) is 26.3. The number of carbonyl (C=O) groups is 1. The molecule has 1 aliphatic heterocycles. The highest BCUT2D eigenvalue weighted by molar-refractivity contribution is 6.33. The molecule has 10 heteroatoms. The van der Waals surface area contributed by atoms with Crippen LogP contribution < -0.4 is 20.1 Å². The monoisotopic (exact) mass is 509 g/mol. The summed E-state index contributed by atoms with van der Waals surface area (Å²) >= 11 is 6.32. The minimum absolute atomic E-state index is 0.0854. The molecule has 0 bridgehead atoms. The highest BCUT2D eigenvalue weighted by Gasteiger charge is 2.18. The van der Waals surface area contributed by atoms with Gasteiger partial charge in [-0.05, 0) is 57.1 Å². The Bertz CT molecular complexity index is 1270. The third kappa shape index (κ3) is 6.34. The Hall–Kier alpha value is -3.58. The number of likely N-dealkylation sites (tertiary alicyclic amines) is 1. The van der Waals surface area contributed by atoms with Crippen molar-refractivity contribution in [3.63, 3.8) is 0 Å². The largest absolute Gasteiger partial charge is 0.489 e. The minimum atomic E-state index is -0.650. The number of nitriles is 1. The Kier molecular flexibility index (Phi) is 8.44. The highest BCUT2D eigenvalue weighted by Crippen LogP contribution is 2.35. The molecule has 1 aliphatic rings. The van der Waals surface area contributed by atoms with E-state index in [0.29, 0.717) is 57.5 Å². The summed E-state index contributed by atoms with van der Waals surface area (Å²) in [6, 6.07) is 11.8. The number of carbonyl (C=O) groups excluding carboxylic acids is 1. The van der Waals surface area contributed by atoms with Gasteiger partial charge in [0.1, 0.15) is 36.0 Å². The molecular formula is C26H28ClN5O4. The third-order valence-corrected chi connectivity index (χ3v) is 6.09. The van der Waals surface area contributed by atoms with Crippen LogP contribution >= 0.6 is 11.6 Å². The lowest BCUT2D eigenvalue weighted by molar-refractivity contribution is 0.0758. The van der Waals surface area contributed by atoms with E-state index in [1.54, 1.807) is 42.6 Å². The van der Waals surface area contributed by atoms with Gasteiger partial charge in [0.25, 0.3) is 0 Å². The van der Waals surface area contributed by atoms with E-state index in [2.05, 4.69) is 26.6 Å². The number of fused-ring (bicyclic) bond motifs is 1. The number of nitrogens with one attached hydrogen (secondary N) is 2. The topological polar surface area (TPSA) is 120 Å². The van der Waals surface area contributed by atoms with Crippen LogP contribution in [-0.4, -0.2) is 59.9 Å². The van der Waals surface area contributed by atoms with Crippen molar-refractivity contribution in [1.82, 2.24) is 15.2 Å². The van der Waals surface area contributed by atoms with Gasteiger partial charge < -0.3 is 30.1 Å². The average Bonchev–Trinajstić information content (AvgIpc) is 3.37. The maximum absolute atomic E-state index is 11.8. The maximum atomic E-state index is 11.8. The fraction of sp³-hybridized carbons (Fsp3) is 0.346. The normalized spacial score (nSPS) is 14.3. The van der Waals surface area contributed by atoms with Crippen molar-refractivity contribution >= 4 is 34.2 Å². The molecule has 9 nitrogen and oxygen atoms in total. The van der Waals surface area contributed by atoms with Crippen molar-refractivity contribution in [3.05, 3.63) is 53.2 Å². The molecule has 3 N–H and O–H groups in total. The molecule has 1 fully saturated rings. The molecule has 0 spiro atoms. The van der Waals surface area contributed by atoms with E-state index >= 15 is 0 Å². The number of halogens is 1. The van der Waals surface area contributed by atoms with E-state index in [0.717, 1.165) is 25.9 Å². The molecule has 2 amide bonds. The molecule has 2 aromatic carbocycles. The maximum Gasteiger partial charge on any atom is 0.319 e. The second-order valence-corrected chi connectivity index (χ2v) is 8.89. The second-order valence-electron chi connectivity index (χ2n) is 8.49. The van der Waals surface area contributed by atoms with E-state index in [1.807, 2.05) is 6.92 Å². The van der Waals surface area contributed by atoms with Gasteiger partial charge in [0.05, 0.1) is 21.8 Å². The number of aliphatic hydroxyl groups excluding tert-OH is 1. The molecule has 4 rings (SSSR count). The number of hydrogen-bond donors (Lipinski definition) is 3. The first kappa shape index (κ1) is 25.5. The molecule has 1 saturated heterocycles. The van der Waals surface area contributed by atoms with Crippen LogP contribution in [0.25, 0.3) is 10.9 Å². The number of pyridine rings is 1. The standard InChI is InChI=1S/C26H28ClN5O4/c1-2-29-26(34)31-22-6-5-19(12-21(22)27)36-24-7-8-30-23-13-25(17(14-28)11-20(23)24)35-16-18(33)15-32-9-3-4-10-32/h5-8,11-13,18,33H,2-4,9-10,15-16H2,1H3,(H2,29,31,34)/t18-/m0/s1. The van der Waals surface area contributed by atoms with Crippen molar-refractivity contribution < 1.29 is 19.4 Å². The summed E-state index contributed by atoms with van der Waals surface area (Å²) in [5.41, 5.74) is 1.35. The van der Waals surface area contributed by atoms with E-state index in [9.17, 15) is 15.2 Å². The number of anilines is 1. The molecule has 1 aromatic heterocycles. The van der Waals surface area contributed by atoms with E-state index < -0.39 is 6.10 Å². The van der Waals surface area contributed by atoms with Gasteiger partial charge in [0.2, 0.25) is 0 Å². The summed E-state index contributed by atoms with van der Waals surface area (Å²) in [6.07, 6.45) is 3.25. The lowest BCUT2D eigenvalue weighted by atomic mass is 10.1. The number of aliphatic hydroxyl groups is 1. The molecule has 0 unspecified atom stereocenters. The number of amides is 2. The number of β-amino-alcohol motifs (C(OH)–C–C–N with tert-alkyl or cyclic N) is 1. The van der Waals surface area contributed by atoms with Crippen LogP contribution in [0.4, 0.5) is 10.5 Å². The Morgan fingerprint density at radius 1 is 1.25 bits per heavy atom. The van der Waals surface area contributed by atoms with Crippen molar-refractivity contribution in [2.24, 2.45) is 0 Å². The molecule has 1 atom stereocenters. The fourth-order valence-electron chi connectivity index (χ4n) is 4.06. The quantitative estimate of drug-likeness (QED) is 0.387. The van der Waals surface area contributed by atoms with Crippen molar-refractivity contribution in [1.29, 1.82) is 5.26 Å². The van der Waals surface area contributed by atoms with Crippen LogP contribution in [0.3, 0.4) is 0 Å². The first-order valence-electron chi connectivity index (χ1n) is 11.8. The fourth-order valence-corrected chi connectivity index (χ4v) is 4.28. The van der Waals surface area contributed by atoms with E-state index in [1.165, 1.54) is 0 Å². The number of aromatic nitrogens is 1. The average molecular weight is 510 g/mol. The van der Waals surface area contributed by atoms with Gasteiger partial charge >= 0.3 is 6.03 Å². The third-order valence-electron chi connectivity index (χ3n) is 5.78. The lowest BCUT2D eigenvalue weighted by Crippen LogP contribution is -2.33. The molecule has 188 valence electrons. The van der Waals surface area contributed by atoms with Crippen LogP contribution in [0.5, 0.6) is 17.2 Å². The summed E-state index contributed by atoms with van der Waals surface area (Å²) in [6.45, 7) is 4.93. The first-order chi connectivity index (χ1) is 17.5. The number of rotatable bonds is 9. The van der Waals surface area contributed by atoms with Crippen LogP contribution in [-0.2, 0) is 0 Å². The number of benzene rings is 2. The second kappa shape index (κ2) is 11.9. The van der Waals surface area contributed by atoms with E-state index in [4.69, 9.17) is 21.1 Å². The zero-order valence-electron chi connectivity index (χ0n) is 20.0. The molecule has 2 heterocycles. The van der Waals surface area contributed by atoms with Crippen molar-refractivity contribution in [3.8, 4) is 23.3 Å². The van der Waals surface area contributed by atoms with Gasteiger partial charge in [-0.25, -0.2) is 4.79 Å². The van der Waals surface area contributed by atoms with Gasteiger partial charge in [-0.15, -0.1) is 0 Å². The highest BCUT2D eigenvalue weighted by atomic mass is 35.5. The predicted molar refractivity (Wildman–Crippen MR) is 138 cm³/mol. The van der Waals surface area contributed by atoms with Crippen molar-refractivity contribution in [2.75, 3.05) is 38.1 Å². The summed E-state index contributed by atoms with van der Waals surface area (Å²) in [7, 11) is 0. The van der Waals surface area contributed by atoms with Gasteiger partial charge in [0.15, 0.2) is 0 Å². The Balaban J connectivity index is 1.50. The molecule has 0 aliphatic carbocycles. The van der Waals surface area contributed by atoms with Crippen LogP contribution in [0.15, 0.2) is 42.6 Å². The number of urea groups is 1. The molecule has 3 aromatic rings. The summed E-state index contributed by atoms with van der Waals surface area (Å²) in [4.78, 5) is 18.4. The van der Waals surface area contributed by atoms with Crippen molar-refractivity contribution in [2.45, 2.75) is 25.9 Å². The summed E-state index contributed by atoms with van der Waals surface area (Å²) in [5.74, 6) is 1.30. The molecule has 0 radical (unpaired) electrons. The number of nitrogens with zero attached hydrogens (tertiary/aromatic N) is 3. The first-order valence-corrected chi connectivity index (χ1v) is 12.2. The summed E-state index contributed by atoms with van der Waals surface area (Å²) < 4.78 is 11.9. The smallest absolute Gasteiger partial charge is 0.319 e. The zero-order valence-corrected chi connectivity index (χ0v) is 20.7. The number of hydrogen-bond acceptors (Lipinski definition) is 7. The Labute approximate surface area is 214 Å². The van der Waals surface area contributed by atoms with Crippen LogP contribution in [0, 0.1) is 11.3 Å². The Morgan fingerprint density at radius 2 is 2.06 bits per heavy atom. The van der Waals surface area contributed by atoms with Crippen LogP contribution in [0.1, 0.15) is 25.3 Å². The molecule has 0 saturated carbocycles. The lowest BCUT2D eigenvalue weighted by Gasteiger charge is -2.20. The van der Waals surface area contributed by atoms with Gasteiger partial charge in [-0.2, -0.15) is 5.26 Å². The van der Waals surface area contributed by atoms with Gasteiger partial charge in [-0.1, -0.05) is 11.6 Å². The number of ether oxygens (including phenoxy) is 2. The predicted octanol–water partition coefficient (Wildman–Crippen LogP) is 4.53. The zero-order chi connectivity index (χ0) is 25.5.